The molecule has 16 heavy (non-hydrogen) atoms. The van der Waals surface area contributed by atoms with E-state index in [-0.39, 0.29) is 31.2 Å². The van der Waals surface area contributed by atoms with Gasteiger partial charge in [-0.1, -0.05) is 0 Å². The lowest BCUT2D eigenvalue weighted by molar-refractivity contribution is -0.121. The molecule has 6 nitrogen and oxygen atoms in total. The Labute approximate surface area is 100 Å². The highest BCUT2D eigenvalue weighted by Gasteiger charge is 2.09. The summed E-state index contributed by atoms with van der Waals surface area (Å²) in [5.74, 6) is 0.131. The number of aliphatic hydroxyl groups excluding tert-OH is 1. The first kappa shape index (κ1) is 12.9. The van der Waals surface area contributed by atoms with Crippen molar-refractivity contribution in [1.29, 1.82) is 0 Å². The minimum Gasteiger partial charge on any atom is -0.395 e. The molecule has 88 valence electrons. The molecule has 0 bridgehead atoms. The summed E-state index contributed by atoms with van der Waals surface area (Å²) in [5, 5.41) is 11.0. The molecule has 1 rings (SSSR count). The lowest BCUT2D eigenvalue weighted by Crippen LogP contribution is -2.35. The van der Waals surface area contributed by atoms with E-state index in [0.29, 0.717) is 10.3 Å². The quantitative estimate of drug-likeness (QED) is 0.777. The Morgan fingerprint density at radius 1 is 1.69 bits per heavy atom. The fourth-order valence-electron chi connectivity index (χ4n) is 1.13. The van der Waals surface area contributed by atoms with Gasteiger partial charge in [-0.05, 0) is 22.9 Å². The number of halogens is 1. The molecule has 0 atom stereocenters. The summed E-state index contributed by atoms with van der Waals surface area (Å²) in [4.78, 5) is 27.0. The zero-order valence-corrected chi connectivity index (χ0v) is 10.3. The number of carbonyl (C=O) groups excluding carboxylic acids is 1. The van der Waals surface area contributed by atoms with E-state index in [1.54, 1.807) is 6.92 Å². The van der Waals surface area contributed by atoms with Gasteiger partial charge in [0.1, 0.15) is 16.8 Å². The third-order valence-electron chi connectivity index (χ3n) is 1.94. The van der Waals surface area contributed by atoms with Gasteiger partial charge in [-0.3, -0.25) is 14.2 Å². The number of carbonyl (C=O) groups is 1. The van der Waals surface area contributed by atoms with Crippen molar-refractivity contribution >= 4 is 21.8 Å². The molecular formula is C9H12BrN3O3. The topological polar surface area (TPSA) is 84.2 Å². The molecule has 0 aromatic carbocycles. The molecule has 2 N–H and O–H groups in total. The maximum absolute atomic E-state index is 11.6. The molecule has 0 aliphatic heterocycles. The number of nitrogens with zero attached hydrogens (tertiary/aromatic N) is 2. The van der Waals surface area contributed by atoms with Gasteiger partial charge >= 0.3 is 0 Å². The van der Waals surface area contributed by atoms with Crippen LogP contribution in [0.1, 0.15) is 5.82 Å². The van der Waals surface area contributed by atoms with Crippen molar-refractivity contribution < 1.29 is 9.90 Å². The van der Waals surface area contributed by atoms with Crippen LogP contribution in [0.3, 0.4) is 0 Å². The van der Waals surface area contributed by atoms with Crippen LogP contribution in [0, 0.1) is 6.92 Å². The van der Waals surface area contributed by atoms with Gasteiger partial charge in [0.25, 0.3) is 5.56 Å². The van der Waals surface area contributed by atoms with E-state index in [1.165, 1.54) is 10.8 Å². The molecule has 0 aliphatic rings. The van der Waals surface area contributed by atoms with Gasteiger partial charge in [0.2, 0.25) is 5.91 Å². The van der Waals surface area contributed by atoms with Gasteiger partial charge in [0.15, 0.2) is 0 Å². The molecule has 7 heteroatoms. The molecule has 1 aromatic heterocycles. The normalized spacial score (nSPS) is 10.2. The predicted octanol–water partition coefficient (Wildman–Crippen LogP) is -0.577. The molecule has 0 fully saturated rings. The van der Waals surface area contributed by atoms with Crippen molar-refractivity contribution in [2.75, 3.05) is 13.2 Å². The first-order valence-corrected chi connectivity index (χ1v) is 5.45. The first-order chi connectivity index (χ1) is 7.56. The van der Waals surface area contributed by atoms with Crippen LogP contribution in [-0.2, 0) is 11.3 Å². The summed E-state index contributed by atoms with van der Waals surface area (Å²) in [6.07, 6.45) is 1.40. The molecule has 0 radical (unpaired) electrons. The molecule has 0 unspecified atom stereocenters. The van der Waals surface area contributed by atoms with Crippen molar-refractivity contribution in [3.8, 4) is 0 Å². The lowest BCUT2D eigenvalue weighted by Gasteiger charge is -2.09. The molecule has 0 aliphatic carbocycles. The molecule has 0 saturated heterocycles. The molecular weight excluding hydrogens is 278 g/mol. The van der Waals surface area contributed by atoms with Crippen molar-refractivity contribution in [1.82, 2.24) is 14.9 Å². The van der Waals surface area contributed by atoms with Crippen LogP contribution in [-0.4, -0.2) is 33.7 Å². The predicted molar refractivity (Wildman–Crippen MR) is 61.0 cm³/mol. The molecule has 1 amide bonds. The average molecular weight is 290 g/mol. The van der Waals surface area contributed by atoms with Crippen LogP contribution in [0.5, 0.6) is 0 Å². The monoisotopic (exact) mass is 289 g/mol. The van der Waals surface area contributed by atoms with Gasteiger partial charge in [-0.15, -0.1) is 0 Å². The van der Waals surface area contributed by atoms with Crippen LogP contribution in [0.2, 0.25) is 0 Å². The van der Waals surface area contributed by atoms with E-state index >= 15 is 0 Å². The summed E-state index contributed by atoms with van der Waals surface area (Å²) in [6.45, 7) is 1.59. The smallest absolute Gasteiger partial charge is 0.268 e. The Morgan fingerprint density at radius 2 is 2.38 bits per heavy atom. The summed E-state index contributed by atoms with van der Waals surface area (Å²) in [6, 6.07) is 0. The molecule has 0 spiro atoms. The Bertz CT molecular complexity index is 444. The van der Waals surface area contributed by atoms with Crippen molar-refractivity contribution in [3.05, 3.63) is 26.8 Å². The van der Waals surface area contributed by atoms with Crippen LogP contribution in [0.25, 0.3) is 0 Å². The third-order valence-corrected chi connectivity index (χ3v) is 2.48. The van der Waals surface area contributed by atoms with Crippen LogP contribution in [0.4, 0.5) is 0 Å². The SMILES string of the molecule is Cc1ncc(Br)c(=O)n1CC(=O)NCCO. The van der Waals surface area contributed by atoms with Crippen LogP contribution >= 0.6 is 15.9 Å². The van der Waals surface area contributed by atoms with E-state index in [4.69, 9.17) is 5.11 Å². The maximum atomic E-state index is 11.6. The number of rotatable bonds is 4. The molecule has 0 saturated carbocycles. The Hall–Kier alpha value is -1.21. The van der Waals surface area contributed by atoms with Crippen LogP contribution < -0.4 is 10.9 Å². The minimum absolute atomic E-state index is 0.100. The number of hydrogen-bond acceptors (Lipinski definition) is 4. The number of aliphatic hydroxyl groups is 1. The largest absolute Gasteiger partial charge is 0.395 e. The summed E-state index contributed by atoms with van der Waals surface area (Å²) in [7, 11) is 0. The zero-order chi connectivity index (χ0) is 12.1. The highest BCUT2D eigenvalue weighted by molar-refractivity contribution is 9.10. The minimum atomic E-state index is -0.334. The number of aryl methyl sites for hydroxylation is 1. The van der Waals surface area contributed by atoms with E-state index in [0.717, 1.165) is 0 Å². The third kappa shape index (κ3) is 3.14. The van der Waals surface area contributed by atoms with E-state index in [1.807, 2.05) is 0 Å². The van der Waals surface area contributed by atoms with Gasteiger partial charge in [0.05, 0.1) is 6.61 Å². The fourth-order valence-corrected chi connectivity index (χ4v) is 1.45. The second kappa shape index (κ2) is 5.76. The number of aromatic nitrogens is 2. The van der Waals surface area contributed by atoms with E-state index < -0.39 is 0 Å². The lowest BCUT2D eigenvalue weighted by atomic mass is 10.4. The first-order valence-electron chi connectivity index (χ1n) is 4.65. The van der Waals surface area contributed by atoms with Gasteiger partial charge in [-0.25, -0.2) is 4.98 Å². The highest BCUT2D eigenvalue weighted by Crippen LogP contribution is 2.01. The number of nitrogens with one attached hydrogen (secondary N) is 1. The second-order valence-electron chi connectivity index (χ2n) is 3.12. The number of amides is 1. The maximum Gasteiger partial charge on any atom is 0.268 e. The van der Waals surface area contributed by atoms with Crippen molar-refractivity contribution in [3.63, 3.8) is 0 Å². The fraction of sp³-hybridized carbons (Fsp3) is 0.444. The van der Waals surface area contributed by atoms with Gasteiger partial charge in [-0.2, -0.15) is 0 Å². The summed E-state index contributed by atoms with van der Waals surface area (Å²) in [5.41, 5.74) is -0.299. The Balaban J connectivity index is 2.85. The summed E-state index contributed by atoms with van der Waals surface area (Å²) >= 11 is 3.06. The van der Waals surface area contributed by atoms with E-state index in [2.05, 4.69) is 26.2 Å². The van der Waals surface area contributed by atoms with Gasteiger partial charge in [0, 0.05) is 12.7 Å². The van der Waals surface area contributed by atoms with Gasteiger partial charge < -0.3 is 10.4 Å². The number of hydrogen-bond donors (Lipinski definition) is 2. The van der Waals surface area contributed by atoms with E-state index in [9.17, 15) is 9.59 Å². The standard InChI is InChI=1S/C9H12BrN3O3/c1-6-12-4-7(10)9(16)13(6)5-8(15)11-2-3-14/h4,14H,2-3,5H2,1H3,(H,11,15). The zero-order valence-electron chi connectivity index (χ0n) is 8.73. The second-order valence-corrected chi connectivity index (χ2v) is 3.97. The molecule has 1 aromatic rings. The Morgan fingerprint density at radius 3 is 3.00 bits per heavy atom. The van der Waals surface area contributed by atoms with Crippen LogP contribution in [0.15, 0.2) is 15.5 Å². The highest BCUT2D eigenvalue weighted by atomic mass is 79.9. The average Bonchev–Trinajstić information content (AvgIpc) is 2.27. The summed E-state index contributed by atoms with van der Waals surface area (Å²) < 4.78 is 1.57. The molecule has 1 heterocycles. The van der Waals surface area contributed by atoms with Crippen molar-refractivity contribution in [2.45, 2.75) is 13.5 Å². The van der Waals surface area contributed by atoms with Crippen molar-refractivity contribution in [2.24, 2.45) is 0 Å². The Kier molecular flexibility index (Phi) is 4.63.